The number of rotatable bonds is 5. The first-order chi connectivity index (χ1) is 12.8. The predicted octanol–water partition coefficient (Wildman–Crippen LogP) is 1.68. The van der Waals surface area contributed by atoms with Gasteiger partial charge in [0.05, 0.1) is 26.2 Å². The third kappa shape index (κ3) is 4.28. The van der Waals surface area contributed by atoms with Crippen LogP contribution in [0, 0.1) is 10.1 Å². The van der Waals surface area contributed by atoms with Crippen LogP contribution in [0.5, 0.6) is 0 Å². The number of nitro groups is 1. The van der Waals surface area contributed by atoms with Gasteiger partial charge in [-0.05, 0) is 23.1 Å². The molecule has 1 unspecified atom stereocenters. The largest absolute Gasteiger partial charge is 0.279 e. The molecule has 3 rings (SSSR count). The van der Waals surface area contributed by atoms with Crippen LogP contribution in [0.2, 0.25) is 0 Å². The number of hydrogen-bond donors (Lipinski definition) is 2. The lowest BCUT2D eigenvalue weighted by atomic mass is 10.1. The zero-order valence-corrected chi connectivity index (χ0v) is 16.0. The summed E-state index contributed by atoms with van der Waals surface area (Å²) in [6, 6.07) is 7.02. The highest BCUT2D eigenvalue weighted by molar-refractivity contribution is 8.02. The zero-order valence-electron chi connectivity index (χ0n) is 13.6. The molecule has 0 fully saturated rings. The van der Waals surface area contributed by atoms with Gasteiger partial charge >= 0.3 is 0 Å². The molecule has 0 spiro atoms. The van der Waals surface area contributed by atoms with E-state index in [0.29, 0.717) is 10.4 Å². The summed E-state index contributed by atoms with van der Waals surface area (Å²) in [6.45, 7) is 0. The minimum absolute atomic E-state index is 0.0689. The first-order valence-electron chi connectivity index (χ1n) is 7.53. The maximum absolute atomic E-state index is 12.2. The van der Waals surface area contributed by atoms with E-state index in [9.17, 15) is 28.1 Å². The number of carbonyl (C=O) groups is 2. The molecule has 12 heteroatoms. The van der Waals surface area contributed by atoms with Gasteiger partial charge in [-0.3, -0.25) is 30.6 Å². The lowest BCUT2D eigenvalue weighted by Gasteiger charge is -2.10. The molecule has 0 radical (unpaired) electrons. The van der Waals surface area contributed by atoms with Crippen LogP contribution < -0.4 is 10.9 Å². The van der Waals surface area contributed by atoms with Crippen LogP contribution >= 0.6 is 23.1 Å². The topological polar surface area (TPSA) is 135 Å². The fraction of sp³-hybridized carbons (Fsp3) is 0.200. The molecular weight excluding hydrogens is 414 g/mol. The van der Waals surface area contributed by atoms with Crippen molar-refractivity contribution in [3.8, 4) is 0 Å². The Balaban J connectivity index is 1.60. The number of thioether (sulfide) groups is 1. The lowest BCUT2D eigenvalue weighted by molar-refractivity contribution is -0.385. The summed E-state index contributed by atoms with van der Waals surface area (Å²) < 4.78 is 24.5. The van der Waals surface area contributed by atoms with Crippen molar-refractivity contribution in [2.45, 2.75) is 10.1 Å². The zero-order chi connectivity index (χ0) is 19.6. The Bertz CT molecular complexity index is 1000. The minimum atomic E-state index is -3.64. The Hall–Kier alpha value is -2.44. The molecule has 0 bridgehead atoms. The standard InChI is InChI=1S/C15H13N3O6S3/c19-14(16-17-15(20)11-2-1-5-25-11)7-26-12-8-27(23,24)13-6-9(18(21)22)3-4-10(12)13/h1-6,12H,7-8H2,(H,16,19)(H,17,20). The van der Waals surface area contributed by atoms with Crippen LogP contribution in [-0.4, -0.2) is 36.7 Å². The molecule has 2 N–H and O–H groups in total. The number of carbonyl (C=O) groups excluding carboxylic acids is 2. The number of non-ortho nitro benzene ring substituents is 1. The molecule has 0 saturated carbocycles. The van der Waals surface area contributed by atoms with E-state index >= 15 is 0 Å². The number of nitrogens with zero attached hydrogens (tertiary/aromatic N) is 1. The van der Waals surface area contributed by atoms with E-state index in [2.05, 4.69) is 10.9 Å². The van der Waals surface area contributed by atoms with Gasteiger partial charge < -0.3 is 0 Å². The summed E-state index contributed by atoms with van der Waals surface area (Å²) in [6.07, 6.45) is 0. The second kappa shape index (κ2) is 7.66. The number of nitrogens with one attached hydrogen (secondary N) is 2. The van der Waals surface area contributed by atoms with Crippen molar-refractivity contribution in [3.63, 3.8) is 0 Å². The predicted molar refractivity (Wildman–Crippen MR) is 100 cm³/mol. The molecule has 27 heavy (non-hydrogen) atoms. The van der Waals surface area contributed by atoms with Crippen molar-refractivity contribution in [3.05, 3.63) is 56.3 Å². The third-order valence-electron chi connectivity index (χ3n) is 3.74. The van der Waals surface area contributed by atoms with Gasteiger partial charge in [0.1, 0.15) is 0 Å². The van der Waals surface area contributed by atoms with Gasteiger partial charge in [0.2, 0.25) is 5.91 Å². The summed E-state index contributed by atoms with van der Waals surface area (Å²) in [5.41, 5.74) is 4.70. The van der Waals surface area contributed by atoms with Crippen molar-refractivity contribution in [2.24, 2.45) is 0 Å². The summed E-state index contributed by atoms with van der Waals surface area (Å²) >= 11 is 2.32. The Morgan fingerprint density at radius 3 is 2.74 bits per heavy atom. The third-order valence-corrected chi connectivity index (χ3v) is 7.86. The van der Waals surface area contributed by atoms with Crippen molar-refractivity contribution in [1.82, 2.24) is 10.9 Å². The normalized spacial score (nSPS) is 17.1. The average Bonchev–Trinajstić information content (AvgIpc) is 3.24. The van der Waals surface area contributed by atoms with Crippen LogP contribution in [0.25, 0.3) is 0 Å². The van der Waals surface area contributed by atoms with E-state index in [1.165, 1.54) is 23.5 Å². The Morgan fingerprint density at radius 1 is 1.30 bits per heavy atom. The molecule has 2 aromatic rings. The van der Waals surface area contributed by atoms with E-state index in [0.717, 1.165) is 17.8 Å². The molecule has 1 aliphatic rings. The van der Waals surface area contributed by atoms with Crippen LogP contribution in [0.4, 0.5) is 5.69 Å². The number of amides is 2. The Kier molecular flexibility index (Phi) is 5.48. The number of thiophene rings is 1. The first kappa shape index (κ1) is 19.3. The van der Waals surface area contributed by atoms with Crippen LogP contribution in [0.3, 0.4) is 0 Å². The molecule has 2 amide bonds. The van der Waals surface area contributed by atoms with Crippen LogP contribution in [0.1, 0.15) is 20.5 Å². The average molecular weight is 427 g/mol. The Labute approximate surface area is 162 Å². The van der Waals surface area contributed by atoms with Crippen LogP contribution in [0.15, 0.2) is 40.6 Å². The summed E-state index contributed by atoms with van der Waals surface area (Å²) in [5.74, 6) is -1.24. The van der Waals surface area contributed by atoms with Gasteiger partial charge in [0.25, 0.3) is 11.6 Å². The van der Waals surface area contributed by atoms with Gasteiger partial charge in [-0.2, -0.15) is 0 Å². The van der Waals surface area contributed by atoms with Gasteiger partial charge in [-0.25, -0.2) is 8.42 Å². The molecule has 142 valence electrons. The number of fused-ring (bicyclic) bond motifs is 1. The molecule has 1 aromatic heterocycles. The highest BCUT2D eigenvalue weighted by atomic mass is 32.2. The van der Waals surface area contributed by atoms with Crippen molar-refractivity contribution < 1.29 is 22.9 Å². The number of sulfone groups is 1. The SMILES string of the molecule is O=C(CSC1CS(=O)(=O)c2cc([N+](=O)[O-])ccc21)NNC(=O)c1cccs1. The monoisotopic (exact) mass is 427 g/mol. The van der Waals surface area contributed by atoms with Gasteiger partial charge in [-0.1, -0.05) is 6.07 Å². The maximum atomic E-state index is 12.2. The van der Waals surface area contributed by atoms with Crippen molar-refractivity contribution in [2.75, 3.05) is 11.5 Å². The van der Waals surface area contributed by atoms with E-state index in [4.69, 9.17) is 0 Å². The highest BCUT2D eigenvalue weighted by Crippen LogP contribution is 2.42. The maximum Gasteiger partial charge on any atom is 0.279 e. The van der Waals surface area contributed by atoms with Crippen molar-refractivity contribution in [1.29, 1.82) is 0 Å². The molecule has 2 heterocycles. The molecule has 0 aliphatic carbocycles. The minimum Gasteiger partial charge on any atom is -0.272 e. The molecular formula is C15H13N3O6S3. The Morgan fingerprint density at radius 2 is 2.07 bits per heavy atom. The van der Waals surface area contributed by atoms with Gasteiger partial charge in [0.15, 0.2) is 9.84 Å². The van der Waals surface area contributed by atoms with Gasteiger partial charge in [0, 0.05) is 17.4 Å². The number of benzene rings is 1. The van der Waals surface area contributed by atoms with Gasteiger partial charge in [-0.15, -0.1) is 23.1 Å². The van der Waals surface area contributed by atoms with Crippen LogP contribution in [-0.2, 0) is 14.6 Å². The molecule has 1 atom stereocenters. The summed E-state index contributed by atoms with van der Waals surface area (Å²) in [5, 5.41) is 12.1. The molecule has 1 aliphatic heterocycles. The quantitative estimate of drug-likeness (QED) is 0.547. The highest BCUT2D eigenvalue weighted by Gasteiger charge is 2.36. The second-order valence-electron chi connectivity index (χ2n) is 5.54. The van der Waals surface area contributed by atoms with E-state index < -0.39 is 31.8 Å². The number of hydrogen-bond acceptors (Lipinski definition) is 8. The molecule has 1 aromatic carbocycles. The summed E-state index contributed by atoms with van der Waals surface area (Å²) in [4.78, 5) is 34.2. The lowest BCUT2D eigenvalue weighted by Crippen LogP contribution is -2.42. The second-order valence-corrected chi connectivity index (χ2v) is 9.68. The molecule has 9 nitrogen and oxygen atoms in total. The van der Waals surface area contributed by atoms with E-state index in [1.807, 2.05) is 0 Å². The van der Waals surface area contributed by atoms with E-state index in [1.54, 1.807) is 17.5 Å². The first-order valence-corrected chi connectivity index (χ1v) is 11.1. The summed E-state index contributed by atoms with van der Waals surface area (Å²) in [7, 11) is -3.64. The number of nitro benzene ring substituents is 1. The fourth-order valence-electron chi connectivity index (χ4n) is 2.50. The van der Waals surface area contributed by atoms with Crippen molar-refractivity contribution >= 4 is 50.4 Å². The fourth-order valence-corrected chi connectivity index (χ4v) is 6.55. The van der Waals surface area contributed by atoms with E-state index in [-0.39, 0.29) is 22.1 Å². The molecule has 0 saturated heterocycles. The number of hydrazine groups is 1. The smallest absolute Gasteiger partial charge is 0.272 e.